The van der Waals surface area contributed by atoms with Crippen LogP contribution < -0.4 is 0 Å². The molecule has 0 rings (SSSR count). The quantitative estimate of drug-likeness (QED) is 0.199. The van der Waals surface area contributed by atoms with Crippen LogP contribution in [0.15, 0.2) is 34.0 Å². The molecule has 0 spiro atoms. The van der Waals surface area contributed by atoms with Crippen LogP contribution in [0, 0.1) is 5.92 Å². The number of hydrogen-bond acceptors (Lipinski definition) is 1. The Bertz CT molecular complexity index is 441. The van der Waals surface area contributed by atoms with Crippen molar-refractivity contribution in [3.63, 3.8) is 0 Å². The van der Waals surface area contributed by atoms with E-state index in [1.165, 1.54) is 57.4 Å². The molecule has 0 aliphatic rings. The van der Waals surface area contributed by atoms with Gasteiger partial charge in [0.2, 0.25) is 0 Å². The van der Waals surface area contributed by atoms with Crippen molar-refractivity contribution in [2.75, 3.05) is 0 Å². The van der Waals surface area contributed by atoms with E-state index in [1.807, 2.05) is 19.1 Å². The first-order valence-corrected chi connectivity index (χ1v) is 18.4. The molecular weight excluding hydrogens is 427 g/mol. The molecule has 0 heterocycles. The summed E-state index contributed by atoms with van der Waals surface area (Å²) in [7, 11) is 0. The second-order valence-electron chi connectivity index (χ2n) is 7.88. The number of carbonyl (C=O) groups is 1. The molecule has 1 atom stereocenters. The summed E-state index contributed by atoms with van der Waals surface area (Å²) in [5.41, 5.74) is 1.29. The molecule has 0 aromatic heterocycles. The molecule has 0 aliphatic heterocycles. The van der Waals surface area contributed by atoms with Gasteiger partial charge >= 0.3 is 167 Å². The second kappa shape index (κ2) is 15.5. The molecule has 0 amide bonds. The zero-order valence-electron chi connectivity index (χ0n) is 17.9. The van der Waals surface area contributed by atoms with Crippen LogP contribution in [0.1, 0.15) is 79.6 Å². The molecule has 2 nitrogen and oxygen atoms in total. The Morgan fingerprint density at radius 2 is 1.50 bits per heavy atom. The van der Waals surface area contributed by atoms with Gasteiger partial charge in [-0.3, -0.25) is 0 Å². The fourth-order valence-electron chi connectivity index (χ4n) is 3.32. The average molecular weight is 469 g/mol. The maximum absolute atomic E-state index is 10.7. The molecule has 0 aromatic carbocycles. The molecule has 1 unspecified atom stereocenters. The van der Waals surface area contributed by atoms with Gasteiger partial charge in [0.25, 0.3) is 0 Å². The Morgan fingerprint density at radius 1 is 1.00 bits per heavy atom. The molecule has 26 heavy (non-hydrogen) atoms. The Morgan fingerprint density at radius 3 is 1.92 bits per heavy atom. The number of hydrogen-bond donors (Lipinski definition) is 1. The van der Waals surface area contributed by atoms with Crippen LogP contribution in [0.25, 0.3) is 0 Å². The molecule has 1 N–H and O–H groups in total. The van der Waals surface area contributed by atoms with Gasteiger partial charge in [0.05, 0.1) is 0 Å². The van der Waals surface area contributed by atoms with Crippen molar-refractivity contribution < 1.29 is 9.90 Å². The molecule has 0 radical (unpaired) electrons. The van der Waals surface area contributed by atoms with Gasteiger partial charge in [-0.15, -0.1) is 0 Å². The van der Waals surface area contributed by atoms with Crippen molar-refractivity contribution in [1.29, 1.82) is 0 Å². The molecule has 0 saturated heterocycles. The molecule has 0 aromatic rings. The van der Waals surface area contributed by atoms with Gasteiger partial charge in [0.15, 0.2) is 0 Å². The number of rotatable bonds is 15. The van der Waals surface area contributed by atoms with Crippen molar-refractivity contribution in [1.82, 2.24) is 0 Å². The van der Waals surface area contributed by atoms with Gasteiger partial charge in [0.1, 0.15) is 0 Å². The molecule has 0 aliphatic carbocycles. The SMILES string of the molecule is CCC[CH2][Sn]([CH]=CC(C)=CC=CC(C)CC(=O)O)([CH2]CCC)[CH2]CCC. The van der Waals surface area contributed by atoms with Crippen molar-refractivity contribution in [3.8, 4) is 0 Å². The maximum atomic E-state index is 10.7. The van der Waals surface area contributed by atoms with E-state index < -0.39 is 24.3 Å². The van der Waals surface area contributed by atoms with Crippen LogP contribution in [0.4, 0.5) is 0 Å². The first-order chi connectivity index (χ1) is 12.4. The van der Waals surface area contributed by atoms with Crippen LogP contribution in [0.2, 0.25) is 13.3 Å². The van der Waals surface area contributed by atoms with Crippen LogP contribution in [-0.2, 0) is 4.79 Å². The summed E-state index contributed by atoms with van der Waals surface area (Å²) in [4.78, 5) is 10.7. The predicted molar refractivity (Wildman–Crippen MR) is 118 cm³/mol. The zero-order valence-corrected chi connectivity index (χ0v) is 20.7. The van der Waals surface area contributed by atoms with Gasteiger partial charge in [-0.05, 0) is 0 Å². The third-order valence-corrected chi connectivity index (χ3v) is 19.1. The minimum absolute atomic E-state index is 0.0810. The summed E-state index contributed by atoms with van der Waals surface area (Å²) in [6, 6.07) is 0. The number of carboxylic acids is 1. The Balaban J connectivity index is 5.08. The zero-order chi connectivity index (χ0) is 19.8. The average Bonchev–Trinajstić information content (AvgIpc) is 2.60. The normalized spacial score (nSPS) is 14.4. The summed E-state index contributed by atoms with van der Waals surface area (Å²) in [6.45, 7) is 11.1. The molecule has 0 saturated carbocycles. The van der Waals surface area contributed by atoms with E-state index in [-0.39, 0.29) is 12.3 Å². The van der Waals surface area contributed by atoms with E-state index in [0.717, 1.165) is 0 Å². The van der Waals surface area contributed by atoms with E-state index in [9.17, 15) is 4.79 Å². The summed E-state index contributed by atoms with van der Waals surface area (Å²) in [5, 5.41) is 8.83. The standard InChI is InChI=1S/C11H15O2.3C4H9.Sn/c1-4-9(2)6-5-7-10(3)8-11(12)13;3*1-3-4-2;/h1,4-7,10H,8H2,2-3H3,(H,12,13);3*1,3-4H2,2H3;. The van der Waals surface area contributed by atoms with Crippen LogP contribution in [0.3, 0.4) is 0 Å². The molecule has 0 bridgehead atoms. The Labute approximate surface area is 166 Å². The van der Waals surface area contributed by atoms with Crippen LogP contribution >= 0.6 is 0 Å². The molecule has 0 fully saturated rings. The third kappa shape index (κ3) is 12.8. The first-order valence-electron chi connectivity index (χ1n) is 10.6. The van der Waals surface area contributed by atoms with E-state index in [2.05, 4.69) is 43.9 Å². The van der Waals surface area contributed by atoms with Crippen molar-refractivity contribution >= 4 is 24.3 Å². The molecule has 3 heteroatoms. The molecular formula is C23H42O2Sn. The third-order valence-electron chi connectivity index (χ3n) is 5.08. The van der Waals surface area contributed by atoms with Crippen LogP contribution in [0.5, 0.6) is 0 Å². The summed E-state index contributed by atoms with van der Waals surface area (Å²) < 4.78 is 7.19. The van der Waals surface area contributed by atoms with Gasteiger partial charge in [-0.2, -0.15) is 0 Å². The van der Waals surface area contributed by atoms with Crippen molar-refractivity contribution in [2.24, 2.45) is 5.92 Å². The van der Waals surface area contributed by atoms with Crippen molar-refractivity contribution in [2.45, 2.75) is 92.9 Å². The number of carboxylic acid groups (broad SMARTS) is 1. The fraction of sp³-hybridized carbons (Fsp3) is 0.696. The van der Waals surface area contributed by atoms with Crippen molar-refractivity contribution in [3.05, 3.63) is 34.0 Å². The Hall–Kier alpha value is -0.511. The topological polar surface area (TPSA) is 37.3 Å². The van der Waals surface area contributed by atoms with E-state index in [4.69, 9.17) is 5.11 Å². The Kier molecular flexibility index (Phi) is 15.2. The minimum atomic E-state index is -2.18. The second-order valence-corrected chi connectivity index (χ2v) is 20.9. The van der Waals surface area contributed by atoms with E-state index in [0.29, 0.717) is 0 Å². The monoisotopic (exact) mass is 470 g/mol. The van der Waals surface area contributed by atoms with Crippen LogP contribution in [-0.4, -0.2) is 29.5 Å². The number of unbranched alkanes of at least 4 members (excludes halogenated alkanes) is 3. The van der Waals surface area contributed by atoms with Gasteiger partial charge in [-0.1, -0.05) is 0 Å². The van der Waals surface area contributed by atoms with Gasteiger partial charge in [0, 0.05) is 0 Å². The van der Waals surface area contributed by atoms with Gasteiger partial charge < -0.3 is 0 Å². The molecule has 150 valence electrons. The number of aliphatic carboxylic acids is 1. The summed E-state index contributed by atoms with van der Waals surface area (Å²) in [6.07, 6.45) is 16.8. The van der Waals surface area contributed by atoms with E-state index >= 15 is 0 Å². The number of allylic oxidation sites excluding steroid dienone is 5. The van der Waals surface area contributed by atoms with E-state index in [1.54, 1.807) is 0 Å². The predicted octanol–water partition coefficient (Wildman–Crippen LogP) is 7.54. The summed E-state index contributed by atoms with van der Waals surface area (Å²) >= 11 is -2.18. The fourth-order valence-corrected chi connectivity index (χ4v) is 17.7. The van der Waals surface area contributed by atoms with Gasteiger partial charge in [-0.25, -0.2) is 0 Å². The first kappa shape index (κ1) is 25.5. The summed E-state index contributed by atoms with van der Waals surface area (Å²) in [5.74, 6) is -0.651.